The van der Waals surface area contributed by atoms with Gasteiger partial charge < -0.3 is 10.2 Å². The van der Waals surface area contributed by atoms with Crippen LogP contribution in [0.1, 0.15) is 38.8 Å². The van der Waals surface area contributed by atoms with Crippen LogP contribution in [-0.4, -0.2) is 16.8 Å². The third-order valence-corrected chi connectivity index (χ3v) is 4.18. The van der Waals surface area contributed by atoms with Crippen LogP contribution in [0.5, 0.6) is 0 Å². The van der Waals surface area contributed by atoms with Gasteiger partial charge in [0, 0.05) is 24.5 Å². The van der Waals surface area contributed by atoms with Crippen molar-refractivity contribution in [3.8, 4) is 12.8 Å². The van der Waals surface area contributed by atoms with Crippen molar-refractivity contribution in [3.63, 3.8) is 0 Å². The average molecular weight is 380 g/mol. The SMILES string of the molecule is C#C.C/C=C(\C(F)=C/C)C1N=C2C=CN(Cc3ccc(C)cc3)C=C2N1.CC. The van der Waals surface area contributed by atoms with E-state index in [0.29, 0.717) is 5.57 Å². The van der Waals surface area contributed by atoms with Crippen LogP contribution in [0.25, 0.3) is 0 Å². The number of rotatable bonds is 4. The maximum absolute atomic E-state index is 14.0. The van der Waals surface area contributed by atoms with E-state index in [0.717, 1.165) is 18.0 Å². The number of terminal acetylenes is 1. The minimum Gasteiger partial charge on any atom is -0.357 e. The summed E-state index contributed by atoms with van der Waals surface area (Å²) in [5.74, 6) is -0.237. The summed E-state index contributed by atoms with van der Waals surface area (Å²) in [5.41, 5.74) is 4.86. The molecule has 2 aliphatic heterocycles. The predicted octanol–water partition coefficient (Wildman–Crippen LogP) is 5.63. The second-order valence-electron chi connectivity index (χ2n) is 5.96. The molecule has 2 heterocycles. The Balaban J connectivity index is 0.000000921. The molecule has 0 amide bonds. The molecule has 0 spiro atoms. The third kappa shape index (κ3) is 5.72. The van der Waals surface area contributed by atoms with Gasteiger partial charge in [-0.05, 0) is 32.4 Å². The van der Waals surface area contributed by atoms with Crippen LogP contribution in [0.2, 0.25) is 0 Å². The van der Waals surface area contributed by atoms with Gasteiger partial charge in [-0.3, -0.25) is 4.99 Å². The van der Waals surface area contributed by atoms with Gasteiger partial charge in [0.25, 0.3) is 0 Å². The van der Waals surface area contributed by atoms with E-state index >= 15 is 0 Å². The highest BCUT2D eigenvalue weighted by molar-refractivity contribution is 6.10. The molecule has 148 valence electrons. The first kappa shape index (κ1) is 23.0. The van der Waals surface area contributed by atoms with E-state index in [2.05, 4.69) is 59.2 Å². The number of allylic oxidation sites excluding steroid dienone is 3. The highest BCUT2D eigenvalue weighted by Gasteiger charge is 2.26. The van der Waals surface area contributed by atoms with E-state index in [1.807, 2.05) is 39.2 Å². The minimum absolute atomic E-state index is 0.237. The second kappa shape index (κ2) is 11.6. The summed E-state index contributed by atoms with van der Waals surface area (Å²) in [7, 11) is 0. The lowest BCUT2D eigenvalue weighted by atomic mass is 10.1. The van der Waals surface area contributed by atoms with Crippen LogP contribution >= 0.6 is 0 Å². The highest BCUT2D eigenvalue weighted by Crippen LogP contribution is 2.25. The first-order valence-electron chi connectivity index (χ1n) is 9.48. The minimum atomic E-state index is -0.364. The second-order valence-corrected chi connectivity index (χ2v) is 5.96. The van der Waals surface area contributed by atoms with Crippen molar-refractivity contribution in [2.24, 2.45) is 4.99 Å². The quantitative estimate of drug-likeness (QED) is 0.542. The lowest BCUT2D eigenvalue weighted by Crippen LogP contribution is -2.27. The number of halogens is 1. The van der Waals surface area contributed by atoms with Crippen LogP contribution in [0, 0.1) is 19.8 Å². The molecular weight excluding hydrogens is 349 g/mol. The fourth-order valence-corrected chi connectivity index (χ4v) is 2.82. The lowest BCUT2D eigenvalue weighted by molar-refractivity contribution is 0.492. The Morgan fingerprint density at radius 1 is 1.18 bits per heavy atom. The van der Waals surface area contributed by atoms with E-state index in [1.165, 1.54) is 17.2 Å². The molecule has 28 heavy (non-hydrogen) atoms. The maximum Gasteiger partial charge on any atom is 0.148 e. The average Bonchev–Trinajstić information content (AvgIpc) is 3.16. The van der Waals surface area contributed by atoms with Crippen LogP contribution in [-0.2, 0) is 6.54 Å². The standard InChI is InChI=1S/C20H22FN3.C2H6.C2H2/c1-4-16(17(21)5-2)20-22-18-10-11-24(13-19(18)23-20)12-15-8-6-14(3)7-9-15;2*1-2/h4-11,13,20,23H,12H2,1-3H3;1-2H3;1-2H/b16-4+,17-5+;;. The first-order chi connectivity index (χ1) is 13.6. The summed E-state index contributed by atoms with van der Waals surface area (Å²) < 4.78 is 14.0. The molecular formula is C24H30FN3. The van der Waals surface area contributed by atoms with Crippen molar-refractivity contribution in [3.05, 3.63) is 83.1 Å². The molecule has 2 aliphatic rings. The molecule has 0 aliphatic carbocycles. The first-order valence-corrected chi connectivity index (χ1v) is 9.48. The molecule has 0 bridgehead atoms. The molecule has 1 aromatic rings. The maximum atomic E-state index is 14.0. The molecule has 1 N–H and O–H groups in total. The summed E-state index contributed by atoms with van der Waals surface area (Å²) in [6, 6.07) is 8.50. The molecule has 1 aromatic carbocycles. The molecule has 4 heteroatoms. The van der Waals surface area contributed by atoms with Gasteiger partial charge in [-0.2, -0.15) is 0 Å². The van der Waals surface area contributed by atoms with Gasteiger partial charge >= 0.3 is 0 Å². The van der Waals surface area contributed by atoms with E-state index in [-0.39, 0.29) is 12.0 Å². The molecule has 0 aromatic heterocycles. The molecule has 3 nitrogen and oxygen atoms in total. The Morgan fingerprint density at radius 2 is 1.82 bits per heavy atom. The number of hydrogen-bond donors (Lipinski definition) is 1. The van der Waals surface area contributed by atoms with Gasteiger partial charge in [0.15, 0.2) is 0 Å². The number of hydrogen-bond acceptors (Lipinski definition) is 3. The monoisotopic (exact) mass is 379 g/mol. The Hall–Kier alpha value is -3.06. The van der Waals surface area contributed by atoms with E-state index < -0.39 is 0 Å². The topological polar surface area (TPSA) is 27.6 Å². The van der Waals surface area contributed by atoms with Gasteiger partial charge in [0.2, 0.25) is 0 Å². The zero-order valence-electron chi connectivity index (χ0n) is 17.4. The number of fused-ring (bicyclic) bond motifs is 1. The molecule has 3 rings (SSSR count). The number of nitrogens with zero attached hydrogens (tertiary/aromatic N) is 2. The molecule has 1 atom stereocenters. The summed E-state index contributed by atoms with van der Waals surface area (Å²) in [4.78, 5) is 6.68. The predicted molar refractivity (Wildman–Crippen MR) is 118 cm³/mol. The van der Waals surface area contributed by atoms with Crippen molar-refractivity contribution in [2.45, 2.75) is 47.3 Å². The van der Waals surface area contributed by atoms with Gasteiger partial charge in [-0.25, -0.2) is 4.39 Å². The number of nitrogens with one attached hydrogen (secondary N) is 1. The number of benzene rings is 1. The van der Waals surface area contributed by atoms with Gasteiger partial charge in [-0.15, -0.1) is 12.8 Å². The Labute approximate surface area is 169 Å². The van der Waals surface area contributed by atoms with Crippen LogP contribution in [0.3, 0.4) is 0 Å². The summed E-state index contributed by atoms with van der Waals surface area (Å²) in [6.45, 7) is 10.4. The van der Waals surface area contributed by atoms with Crippen molar-refractivity contribution in [1.82, 2.24) is 10.2 Å². The fourth-order valence-electron chi connectivity index (χ4n) is 2.82. The third-order valence-electron chi connectivity index (χ3n) is 4.18. The molecule has 0 saturated heterocycles. The Morgan fingerprint density at radius 3 is 2.39 bits per heavy atom. The summed E-state index contributed by atoms with van der Waals surface area (Å²) in [6.07, 6.45) is 16.9. The van der Waals surface area contributed by atoms with E-state index in [9.17, 15) is 4.39 Å². The molecule has 0 saturated carbocycles. The van der Waals surface area contributed by atoms with Crippen molar-refractivity contribution in [2.75, 3.05) is 0 Å². The number of aryl methyl sites for hydroxylation is 1. The lowest BCUT2D eigenvalue weighted by Gasteiger charge is -2.21. The zero-order valence-corrected chi connectivity index (χ0v) is 17.4. The van der Waals surface area contributed by atoms with Crippen LogP contribution in [0.15, 0.2) is 77.0 Å². The fraction of sp³-hybridized carbons (Fsp3) is 0.292. The van der Waals surface area contributed by atoms with Gasteiger partial charge in [0.05, 0.1) is 11.4 Å². The Kier molecular flexibility index (Phi) is 9.53. The molecule has 0 fully saturated rings. The van der Waals surface area contributed by atoms with Crippen LogP contribution < -0.4 is 5.32 Å². The largest absolute Gasteiger partial charge is 0.357 e. The molecule has 1 unspecified atom stereocenters. The summed E-state index contributed by atoms with van der Waals surface area (Å²) in [5, 5.41) is 3.30. The zero-order chi connectivity index (χ0) is 21.1. The van der Waals surface area contributed by atoms with Crippen molar-refractivity contribution >= 4 is 5.71 Å². The van der Waals surface area contributed by atoms with Crippen molar-refractivity contribution in [1.29, 1.82) is 0 Å². The highest BCUT2D eigenvalue weighted by atomic mass is 19.1. The summed E-state index contributed by atoms with van der Waals surface area (Å²) >= 11 is 0. The molecule has 0 radical (unpaired) electrons. The smallest absolute Gasteiger partial charge is 0.148 e. The van der Waals surface area contributed by atoms with Gasteiger partial charge in [-0.1, -0.05) is 55.8 Å². The van der Waals surface area contributed by atoms with Crippen LogP contribution in [0.4, 0.5) is 4.39 Å². The normalized spacial score (nSPS) is 17.9. The van der Waals surface area contributed by atoms with Gasteiger partial charge in [0.1, 0.15) is 12.0 Å². The Bertz CT molecular complexity index is 808. The number of aliphatic imine (C=N–C) groups is 1. The van der Waals surface area contributed by atoms with Crippen molar-refractivity contribution < 1.29 is 4.39 Å². The van der Waals surface area contributed by atoms with E-state index in [4.69, 9.17) is 0 Å². The van der Waals surface area contributed by atoms with E-state index in [1.54, 1.807) is 13.0 Å².